The highest BCUT2D eigenvalue weighted by Crippen LogP contribution is 2.18. The van der Waals surface area contributed by atoms with Crippen molar-refractivity contribution in [1.82, 2.24) is 4.57 Å². The lowest BCUT2D eigenvalue weighted by molar-refractivity contribution is -0.117. The highest BCUT2D eigenvalue weighted by molar-refractivity contribution is 9.10. The number of carbonyl (C=O) groups is 1. The van der Waals surface area contributed by atoms with E-state index in [2.05, 4.69) is 15.9 Å². The van der Waals surface area contributed by atoms with Crippen molar-refractivity contribution in [3.8, 4) is 0 Å². The number of ketones is 1. The van der Waals surface area contributed by atoms with Crippen molar-refractivity contribution in [3.63, 3.8) is 0 Å². The summed E-state index contributed by atoms with van der Waals surface area (Å²) in [6, 6.07) is 5.23. The minimum absolute atomic E-state index is 0.0439. The van der Waals surface area contributed by atoms with E-state index in [9.17, 15) is 9.59 Å². The summed E-state index contributed by atoms with van der Waals surface area (Å²) in [5, 5.41) is 0. The Morgan fingerprint density at radius 2 is 2.27 bits per heavy atom. The first-order valence-electron chi connectivity index (χ1n) is 4.36. The Kier molecular flexibility index (Phi) is 2.48. The molecule has 0 aliphatic heterocycles. The second kappa shape index (κ2) is 3.66. The van der Waals surface area contributed by atoms with Crippen molar-refractivity contribution in [2.75, 3.05) is 0 Å². The van der Waals surface area contributed by atoms with Gasteiger partial charge in [0.15, 0.2) is 5.58 Å². The van der Waals surface area contributed by atoms with Crippen molar-refractivity contribution in [1.29, 1.82) is 0 Å². The molecule has 0 N–H and O–H groups in total. The Morgan fingerprint density at radius 3 is 2.93 bits per heavy atom. The zero-order chi connectivity index (χ0) is 11.0. The standard InChI is InChI=1S/C10H8BrNO3/c1-6(13)5-12-8-4-7(11)2-3-9(8)15-10(12)14/h2-4H,5H2,1H3. The van der Waals surface area contributed by atoms with Gasteiger partial charge in [-0.1, -0.05) is 15.9 Å². The summed E-state index contributed by atoms with van der Waals surface area (Å²) in [6.45, 7) is 1.48. The fourth-order valence-electron chi connectivity index (χ4n) is 1.41. The lowest BCUT2D eigenvalue weighted by atomic mass is 10.3. The molecule has 0 amide bonds. The number of hydrogen-bond acceptors (Lipinski definition) is 3. The first kappa shape index (κ1) is 10.2. The van der Waals surface area contributed by atoms with Gasteiger partial charge in [-0.05, 0) is 25.1 Å². The van der Waals surface area contributed by atoms with E-state index in [1.807, 2.05) is 0 Å². The van der Waals surface area contributed by atoms with Gasteiger partial charge in [0.1, 0.15) is 5.78 Å². The van der Waals surface area contributed by atoms with Crippen LogP contribution in [-0.2, 0) is 11.3 Å². The van der Waals surface area contributed by atoms with Gasteiger partial charge in [0.25, 0.3) is 0 Å². The Bertz CT molecular complexity index is 582. The van der Waals surface area contributed by atoms with Crippen LogP contribution in [0.3, 0.4) is 0 Å². The predicted octanol–water partition coefficient (Wildman–Crippen LogP) is 1.95. The third-order valence-electron chi connectivity index (χ3n) is 2.01. The van der Waals surface area contributed by atoms with Gasteiger partial charge in [0.2, 0.25) is 0 Å². The number of benzene rings is 1. The Morgan fingerprint density at radius 1 is 1.53 bits per heavy atom. The summed E-state index contributed by atoms with van der Waals surface area (Å²) in [4.78, 5) is 22.4. The first-order chi connectivity index (χ1) is 7.08. The van der Waals surface area contributed by atoms with Crippen LogP contribution in [0.25, 0.3) is 11.1 Å². The molecule has 78 valence electrons. The number of carbonyl (C=O) groups excluding carboxylic acids is 1. The third kappa shape index (κ3) is 1.87. The molecular weight excluding hydrogens is 262 g/mol. The molecule has 0 unspecified atom stereocenters. The molecule has 1 heterocycles. The summed E-state index contributed by atoms with van der Waals surface area (Å²) in [5.41, 5.74) is 1.12. The number of fused-ring (bicyclic) bond motifs is 1. The molecule has 0 bridgehead atoms. The molecule has 0 aliphatic rings. The SMILES string of the molecule is CC(=O)Cn1c(=O)oc2ccc(Br)cc21. The lowest BCUT2D eigenvalue weighted by Gasteiger charge is -1.97. The monoisotopic (exact) mass is 269 g/mol. The summed E-state index contributed by atoms with van der Waals surface area (Å²) < 4.78 is 7.15. The summed E-state index contributed by atoms with van der Waals surface area (Å²) >= 11 is 3.30. The molecule has 0 atom stereocenters. The number of oxazole rings is 1. The summed E-state index contributed by atoms with van der Waals surface area (Å²) in [5.74, 6) is -0.585. The van der Waals surface area contributed by atoms with Crippen molar-refractivity contribution < 1.29 is 9.21 Å². The van der Waals surface area contributed by atoms with Gasteiger partial charge in [0, 0.05) is 4.47 Å². The Hall–Kier alpha value is -1.36. The topological polar surface area (TPSA) is 52.2 Å². The molecular formula is C10H8BrNO3. The largest absolute Gasteiger partial charge is 0.420 e. The van der Waals surface area contributed by atoms with Crippen molar-refractivity contribution in [3.05, 3.63) is 33.2 Å². The maximum absolute atomic E-state index is 11.4. The second-order valence-electron chi connectivity index (χ2n) is 3.27. The predicted molar refractivity (Wildman–Crippen MR) is 58.9 cm³/mol. The highest BCUT2D eigenvalue weighted by atomic mass is 79.9. The highest BCUT2D eigenvalue weighted by Gasteiger charge is 2.10. The Balaban J connectivity index is 2.70. The van der Waals surface area contributed by atoms with Gasteiger partial charge < -0.3 is 4.42 Å². The lowest BCUT2D eigenvalue weighted by Crippen LogP contribution is -2.18. The van der Waals surface area contributed by atoms with Gasteiger partial charge in [0.05, 0.1) is 12.1 Å². The van der Waals surface area contributed by atoms with Crippen LogP contribution in [0.2, 0.25) is 0 Å². The molecule has 4 nitrogen and oxygen atoms in total. The van der Waals surface area contributed by atoms with E-state index in [-0.39, 0.29) is 12.3 Å². The van der Waals surface area contributed by atoms with E-state index in [0.29, 0.717) is 11.1 Å². The van der Waals surface area contributed by atoms with E-state index >= 15 is 0 Å². The molecule has 2 rings (SSSR count). The van der Waals surface area contributed by atoms with Crippen LogP contribution in [0.4, 0.5) is 0 Å². The third-order valence-corrected chi connectivity index (χ3v) is 2.50. The van der Waals surface area contributed by atoms with Crippen LogP contribution in [0.15, 0.2) is 31.9 Å². The normalized spacial score (nSPS) is 10.8. The minimum Gasteiger partial charge on any atom is -0.408 e. The molecule has 0 saturated heterocycles. The smallest absolute Gasteiger partial charge is 0.408 e. The fourth-order valence-corrected chi connectivity index (χ4v) is 1.76. The average molecular weight is 270 g/mol. The van der Waals surface area contributed by atoms with Gasteiger partial charge in [-0.2, -0.15) is 0 Å². The van der Waals surface area contributed by atoms with Crippen LogP contribution >= 0.6 is 15.9 Å². The van der Waals surface area contributed by atoms with E-state index in [4.69, 9.17) is 4.42 Å². The minimum atomic E-state index is -0.502. The quantitative estimate of drug-likeness (QED) is 0.838. The van der Waals surface area contributed by atoms with E-state index < -0.39 is 5.76 Å². The first-order valence-corrected chi connectivity index (χ1v) is 5.15. The number of halogens is 1. The van der Waals surface area contributed by atoms with E-state index in [1.165, 1.54) is 11.5 Å². The van der Waals surface area contributed by atoms with Crippen molar-refractivity contribution >= 4 is 32.8 Å². The molecule has 0 spiro atoms. The second-order valence-corrected chi connectivity index (χ2v) is 4.18. The number of hydrogen-bond donors (Lipinski definition) is 0. The van der Waals surface area contributed by atoms with Crippen molar-refractivity contribution in [2.24, 2.45) is 0 Å². The Labute approximate surface area is 93.6 Å². The molecule has 1 aromatic heterocycles. The van der Waals surface area contributed by atoms with Gasteiger partial charge in [-0.3, -0.25) is 9.36 Å². The molecule has 0 radical (unpaired) electrons. The van der Waals surface area contributed by atoms with E-state index in [1.54, 1.807) is 18.2 Å². The summed E-state index contributed by atoms with van der Waals surface area (Å²) in [7, 11) is 0. The van der Waals surface area contributed by atoms with Gasteiger partial charge >= 0.3 is 5.76 Å². The zero-order valence-corrected chi connectivity index (χ0v) is 9.58. The fraction of sp³-hybridized carbons (Fsp3) is 0.200. The van der Waals surface area contributed by atoms with Crippen LogP contribution in [0, 0.1) is 0 Å². The summed E-state index contributed by atoms with van der Waals surface area (Å²) in [6.07, 6.45) is 0. The number of aromatic nitrogens is 1. The number of rotatable bonds is 2. The van der Waals surface area contributed by atoms with Gasteiger partial charge in [-0.15, -0.1) is 0 Å². The average Bonchev–Trinajstić information content (AvgIpc) is 2.43. The van der Waals surface area contributed by atoms with Crippen LogP contribution in [0.1, 0.15) is 6.92 Å². The van der Waals surface area contributed by atoms with Gasteiger partial charge in [-0.25, -0.2) is 4.79 Å². The molecule has 5 heteroatoms. The number of Topliss-reactive ketones (excluding diaryl/α,β-unsaturated/α-hetero) is 1. The number of nitrogens with zero attached hydrogens (tertiary/aromatic N) is 1. The van der Waals surface area contributed by atoms with Crippen LogP contribution < -0.4 is 5.76 Å². The molecule has 2 aromatic rings. The maximum Gasteiger partial charge on any atom is 0.420 e. The molecule has 0 fully saturated rings. The van der Waals surface area contributed by atoms with E-state index in [0.717, 1.165) is 4.47 Å². The molecule has 15 heavy (non-hydrogen) atoms. The van der Waals surface area contributed by atoms with Crippen LogP contribution in [0.5, 0.6) is 0 Å². The zero-order valence-electron chi connectivity index (χ0n) is 7.99. The molecule has 0 aliphatic carbocycles. The molecule has 0 saturated carbocycles. The van der Waals surface area contributed by atoms with Crippen molar-refractivity contribution in [2.45, 2.75) is 13.5 Å². The maximum atomic E-state index is 11.4. The molecule has 1 aromatic carbocycles. The van der Waals surface area contributed by atoms with Crippen LogP contribution in [-0.4, -0.2) is 10.4 Å².